The largest absolute Gasteiger partial charge is 0.484 e. The summed E-state index contributed by atoms with van der Waals surface area (Å²) in [5.41, 5.74) is 1.36. The Bertz CT molecular complexity index is 899. The number of carbonyl (C=O) groups is 2. The molecule has 25 heavy (non-hydrogen) atoms. The molecule has 0 radical (unpaired) electrons. The number of aromatic nitrogens is 1. The summed E-state index contributed by atoms with van der Waals surface area (Å²) in [5.74, 6) is 0.373. The van der Waals surface area contributed by atoms with Crippen molar-refractivity contribution in [3.63, 3.8) is 0 Å². The molecule has 0 aliphatic carbocycles. The van der Waals surface area contributed by atoms with Crippen LogP contribution in [0.2, 0.25) is 0 Å². The second kappa shape index (κ2) is 7.57. The van der Waals surface area contributed by atoms with E-state index in [1.54, 1.807) is 36.7 Å². The van der Waals surface area contributed by atoms with Gasteiger partial charge in [0.15, 0.2) is 12.4 Å². The van der Waals surface area contributed by atoms with Crippen molar-refractivity contribution in [2.45, 2.75) is 13.3 Å². The van der Waals surface area contributed by atoms with E-state index in [0.29, 0.717) is 17.7 Å². The summed E-state index contributed by atoms with van der Waals surface area (Å²) >= 11 is 0. The molecule has 1 amide bonds. The number of carbonyl (C=O) groups excluding carboxylic acids is 2. The SMILES string of the molecule is CCC(=O)c1ccc(OCC(=O)Nc2cccc3cnccc23)cc1. The van der Waals surface area contributed by atoms with Crippen LogP contribution in [0.4, 0.5) is 5.69 Å². The first-order chi connectivity index (χ1) is 12.2. The molecule has 3 rings (SSSR count). The van der Waals surface area contributed by atoms with Crippen molar-refractivity contribution in [3.05, 3.63) is 66.5 Å². The number of nitrogens with zero attached hydrogens (tertiary/aromatic N) is 1. The van der Waals surface area contributed by atoms with Gasteiger partial charge in [-0.15, -0.1) is 0 Å². The molecule has 0 saturated carbocycles. The number of ether oxygens (including phenoxy) is 1. The monoisotopic (exact) mass is 334 g/mol. The van der Waals surface area contributed by atoms with Gasteiger partial charge in [0.1, 0.15) is 5.75 Å². The number of ketones is 1. The summed E-state index contributed by atoms with van der Waals surface area (Å²) in [6.45, 7) is 1.71. The Morgan fingerprint density at radius 1 is 1.08 bits per heavy atom. The molecule has 0 aliphatic rings. The van der Waals surface area contributed by atoms with E-state index in [9.17, 15) is 9.59 Å². The highest BCUT2D eigenvalue weighted by Gasteiger charge is 2.08. The van der Waals surface area contributed by atoms with E-state index in [0.717, 1.165) is 16.5 Å². The third-order valence-corrected chi connectivity index (χ3v) is 3.82. The van der Waals surface area contributed by atoms with Crippen LogP contribution < -0.4 is 10.1 Å². The van der Waals surface area contributed by atoms with E-state index in [1.807, 2.05) is 31.2 Å². The maximum atomic E-state index is 12.1. The lowest BCUT2D eigenvalue weighted by Crippen LogP contribution is -2.20. The molecule has 5 heteroatoms. The summed E-state index contributed by atoms with van der Waals surface area (Å²) in [6, 6.07) is 14.3. The molecule has 2 aromatic carbocycles. The summed E-state index contributed by atoms with van der Waals surface area (Å²) in [7, 11) is 0. The van der Waals surface area contributed by atoms with E-state index in [4.69, 9.17) is 4.74 Å². The summed E-state index contributed by atoms with van der Waals surface area (Å²) in [6.07, 6.45) is 3.90. The van der Waals surface area contributed by atoms with Gasteiger partial charge >= 0.3 is 0 Å². The summed E-state index contributed by atoms with van der Waals surface area (Å²) in [4.78, 5) is 27.8. The third kappa shape index (κ3) is 4.01. The molecule has 1 N–H and O–H groups in total. The van der Waals surface area contributed by atoms with Gasteiger partial charge in [-0.2, -0.15) is 0 Å². The van der Waals surface area contributed by atoms with Crippen LogP contribution >= 0.6 is 0 Å². The van der Waals surface area contributed by atoms with Crippen LogP contribution in [0.1, 0.15) is 23.7 Å². The van der Waals surface area contributed by atoms with Gasteiger partial charge in [0.2, 0.25) is 0 Å². The van der Waals surface area contributed by atoms with Gasteiger partial charge in [-0.05, 0) is 36.4 Å². The number of amides is 1. The first-order valence-electron chi connectivity index (χ1n) is 8.06. The molecule has 0 unspecified atom stereocenters. The Kier molecular flexibility index (Phi) is 5.04. The highest BCUT2D eigenvalue weighted by molar-refractivity contribution is 6.02. The van der Waals surface area contributed by atoms with Crippen LogP contribution in [-0.4, -0.2) is 23.3 Å². The maximum Gasteiger partial charge on any atom is 0.262 e. The van der Waals surface area contributed by atoms with Crippen molar-refractivity contribution in [2.75, 3.05) is 11.9 Å². The third-order valence-electron chi connectivity index (χ3n) is 3.82. The first kappa shape index (κ1) is 16.6. The Morgan fingerprint density at radius 3 is 2.64 bits per heavy atom. The first-order valence-corrected chi connectivity index (χ1v) is 8.06. The fourth-order valence-corrected chi connectivity index (χ4v) is 2.51. The number of rotatable bonds is 6. The highest BCUT2D eigenvalue weighted by Crippen LogP contribution is 2.22. The number of hydrogen-bond acceptors (Lipinski definition) is 4. The second-order valence-electron chi connectivity index (χ2n) is 5.54. The molecule has 0 saturated heterocycles. The fraction of sp³-hybridized carbons (Fsp3) is 0.150. The zero-order valence-electron chi connectivity index (χ0n) is 13.9. The maximum absolute atomic E-state index is 12.1. The van der Waals surface area contributed by atoms with Crippen LogP contribution in [0.15, 0.2) is 60.9 Å². The van der Waals surface area contributed by atoms with Gasteiger partial charge in [-0.1, -0.05) is 19.1 Å². The van der Waals surface area contributed by atoms with Crippen molar-refractivity contribution < 1.29 is 14.3 Å². The average Bonchev–Trinajstić information content (AvgIpc) is 2.66. The summed E-state index contributed by atoms with van der Waals surface area (Å²) in [5, 5.41) is 4.73. The number of fused-ring (bicyclic) bond motifs is 1. The lowest BCUT2D eigenvalue weighted by atomic mass is 10.1. The number of benzene rings is 2. The quantitative estimate of drug-likeness (QED) is 0.695. The number of hydrogen-bond donors (Lipinski definition) is 1. The smallest absolute Gasteiger partial charge is 0.262 e. The minimum atomic E-state index is -0.252. The molecule has 126 valence electrons. The molecule has 0 fully saturated rings. The Hall–Kier alpha value is -3.21. The zero-order valence-corrected chi connectivity index (χ0v) is 13.9. The second-order valence-corrected chi connectivity index (χ2v) is 5.54. The predicted molar refractivity (Wildman–Crippen MR) is 96.9 cm³/mol. The van der Waals surface area contributed by atoms with Gasteiger partial charge in [-0.3, -0.25) is 14.6 Å². The molecule has 3 aromatic rings. The molecular weight excluding hydrogens is 316 g/mol. The lowest BCUT2D eigenvalue weighted by Gasteiger charge is -2.10. The predicted octanol–water partition coefficient (Wildman–Crippen LogP) is 3.85. The molecule has 0 aliphatic heterocycles. The van der Waals surface area contributed by atoms with E-state index in [-0.39, 0.29) is 18.3 Å². The van der Waals surface area contributed by atoms with Crippen LogP contribution in [0.25, 0.3) is 10.8 Å². The molecule has 0 atom stereocenters. The zero-order chi connectivity index (χ0) is 17.6. The van der Waals surface area contributed by atoms with Gasteiger partial charge in [0, 0.05) is 40.8 Å². The minimum absolute atomic E-state index is 0.0785. The molecule has 1 heterocycles. The molecular formula is C20H18N2O3. The van der Waals surface area contributed by atoms with Crippen molar-refractivity contribution in [1.29, 1.82) is 0 Å². The van der Waals surface area contributed by atoms with E-state index in [1.165, 1.54) is 0 Å². The number of anilines is 1. The number of pyridine rings is 1. The van der Waals surface area contributed by atoms with E-state index in [2.05, 4.69) is 10.3 Å². The van der Waals surface area contributed by atoms with Crippen LogP contribution in [0, 0.1) is 0 Å². The van der Waals surface area contributed by atoms with Crippen LogP contribution in [0.5, 0.6) is 5.75 Å². The van der Waals surface area contributed by atoms with E-state index < -0.39 is 0 Å². The Balaban J connectivity index is 1.62. The van der Waals surface area contributed by atoms with Crippen molar-refractivity contribution in [2.24, 2.45) is 0 Å². The molecule has 0 spiro atoms. The van der Waals surface area contributed by atoms with Gasteiger partial charge in [0.25, 0.3) is 5.91 Å². The standard InChI is InChI=1S/C20H18N2O3/c1-2-19(23)14-6-8-16(9-7-14)25-13-20(24)22-18-5-3-4-15-12-21-11-10-17(15)18/h3-12H,2,13H2,1H3,(H,22,24). The van der Waals surface area contributed by atoms with Gasteiger partial charge < -0.3 is 10.1 Å². The minimum Gasteiger partial charge on any atom is -0.484 e. The van der Waals surface area contributed by atoms with Gasteiger partial charge in [-0.25, -0.2) is 0 Å². The Morgan fingerprint density at radius 2 is 1.88 bits per heavy atom. The van der Waals surface area contributed by atoms with Crippen molar-refractivity contribution in [3.8, 4) is 5.75 Å². The van der Waals surface area contributed by atoms with Crippen LogP contribution in [0.3, 0.4) is 0 Å². The lowest BCUT2D eigenvalue weighted by molar-refractivity contribution is -0.118. The van der Waals surface area contributed by atoms with Crippen molar-refractivity contribution >= 4 is 28.2 Å². The van der Waals surface area contributed by atoms with Crippen LogP contribution in [-0.2, 0) is 4.79 Å². The average molecular weight is 334 g/mol. The highest BCUT2D eigenvalue weighted by atomic mass is 16.5. The fourth-order valence-electron chi connectivity index (χ4n) is 2.51. The molecule has 1 aromatic heterocycles. The van der Waals surface area contributed by atoms with E-state index >= 15 is 0 Å². The molecule has 5 nitrogen and oxygen atoms in total. The Labute approximate surface area is 145 Å². The molecule has 0 bridgehead atoms. The van der Waals surface area contributed by atoms with Crippen molar-refractivity contribution in [1.82, 2.24) is 4.98 Å². The number of Topliss-reactive ketones (excluding diaryl/α,β-unsaturated/α-hetero) is 1. The normalized spacial score (nSPS) is 10.4. The topological polar surface area (TPSA) is 68.3 Å². The van der Waals surface area contributed by atoms with Gasteiger partial charge in [0.05, 0.1) is 0 Å². The summed E-state index contributed by atoms with van der Waals surface area (Å²) < 4.78 is 5.48. The number of nitrogens with one attached hydrogen (secondary N) is 1.